The van der Waals surface area contributed by atoms with Crippen molar-refractivity contribution in [2.75, 3.05) is 16.0 Å². The standard InChI is InChI=1S/C9H18Br3O3P/c1-7(4-10)13-16(14-8(2)5-11)15-9(3)6-12/h7-9H,4-6H2,1-3H3. The second-order valence-electron chi connectivity index (χ2n) is 3.43. The fourth-order valence-electron chi connectivity index (χ4n) is 0.600. The van der Waals surface area contributed by atoms with E-state index in [0.717, 1.165) is 16.0 Å². The minimum Gasteiger partial charge on any atom is -0.308 e. The quantitative estimate of drug-likeness (QED) is 0.384. The molecule has 16 heavy (non-hydrogen) atoms. The maximum Gasteiger partial charge on any atom is 0.333 e. The summed E-state index contributed by atoms with van der Waals surface area (Å²) in [6, 6.07) is 0. The van der Waals surface area contributed by atoms with E-state index in [1.54, 1.807) is 0 Å². The van der Waals surface area contributed by atoms with Gasteiger partial charge in [0.25, 0.3) is 0 Å². The Bertz CT molecular complexity index is 148. The first kappa shape index (κ1) is 17.8. The Labute approximate surface area is 124 Å². The molecular weight excluding hydrogens is 427 g/mol. The Balaban J connectivity index is 4.15. The van der Waals surface area contributed by atoms with Crippen molar-refractivity contribution in [3.05, 3.63) is 0 Å². The minimum atomic E-state index is -1.29. The van der Waals surface area contributed by atoms with Gasteiger partial charge in [0.1, 0.15) is 0 Å². The Morgan fingerprint density at radius 1 is 0.750 bits per heavy atom. The van der Waals surface area contributed by atoms with Crippen molar-refractivity contribution < 1.29 is 13.6 Å². The lowest BCUT2D eigenvalue weighted by molar-refractivity contribution is 0.0990. The molecule has 0 saturated heterocycles. The molecule has 0 aliphatic carbocycles. The molecule has 3 atom stereocenters. The smallest absolute Gasteiger partial charge is 0.308 e. The summed E-state index contributed by atoms with van der Waals surface area (Å²) in [6.07, 6.45) is 0.239. The number of hydrogen-bond acceptors (Lipinski definition) is 3. The van der Waals surface area contributed by atoms with Crippen molar-refractivity contribution >= 4 is 56.4 Å². The van der Waals surface area contributed by atoms with Gasteiger partial charge in [-0.25, -0.2) is 0 Å². The molecule has 0 rings (SSSR count). The van der Waals surface area contributed by atoms with Gasteiger partial charge < -0.3 is 13.6 Å². The Morgan fingerprint density at radius 2 is 1.00 bits per heavy atom. The highest BCUT2D eigenvalue weighted by Gasteiger charge is 2.21. The molecule has 0 aliphatic rings. The van der Waals surface area contributed by atoms with Crippen LogP contribution in [-0.2, 0) is 13.6 Å². The van der Waals surface area contributed by atoms with Crippen molar-refractivity contribution in [2.45, 2.75) is 39.1 Å². The average molecular weight is 445 g/mol. The summed E-state index contributed by atoms with van der Waals surface area (Å²) >= 11 is 10.1. The van der Waals surface area contributed by atoms with E-state index in [2.05, 4.69) is 47.8 Å². The second kappa shape index (κ2) is 10.7. The van der Waals surface area contributed by atoms with Crippen LogP contribution in [0.25, 0.3) is 0 Å². The molecule has 0 bridgehead atoms. The van der Waals surface area contributed by atoms with Crippen LogP contribution in [0.5, 0.6) is 0 Å². The Hall–Kier alpha value is 1.75. The van der Waals surface area contributed by atoms with Crippen molar-refractivity contribution in [2.24, 2.45) is 0 Å². The largest absolute Gasteiger partial charge is 0.333 e. The monoisotopic (exact) mass is 442 g/mol. The zero-order valence-electron chi connectivity index (χ0n) is 9.66. The molecule has 0 amide bonds. The third kappa shape index (κ3) is 8.78. The second-order valence-corrected chi connectivity index (χ2v) is 6.46. The molecule has 0 N–H and O–H groups in total. The molecule has 0 aromatic heterocycles. The lowest BCUT2D eigenvalue weighted by Gasteiger charge is -2.24. The van der Waals surface area contributed by atoms with E-state index in [9.17, 15) is 0 Å². The third-order valence-electron chi connectivity index (χ3n) is 1.45. The van der Waals surface area contributed by atoms with Gasteiger partial charge in [0.15, 0.2) is 0 Å². The highest BCUT2D eigenvalue weighted by Crippen LogP contribution is 2.44. The lowest BCUT2D eigenvalue weighted by atomic mass is 10.5. The van der Waals surface area contributed by atoms with Crippen LogP contribution in [0.3, 0.4) is 0 Å². The lowest BCUT2D eigenvalue weighted by Crippen LogP contribution is -2.16. The molecule has 3 nitrogen and oxygen atoms in total. The Morgan fingerprint density at radius 3 is 1.19 bits per heavy atom. The zero-order valence-corrected chi connectivity index (χ0v) is 15.3. The summed E-state index contributed by atoms with van der Waals surface area (Å²) in [5, 5.41) is 2.30. The van der Waals surface area contributed by atoms with Crippen LogP contribution >= 0.6 is 56.4 Å². The van der Waals surface area contributed by atoms with Gasteiger partial charge in [0, 0.05) is 16.0 Å². The van der Waals surface area contributed by atoms with Crippen LogP contribution in [0.4, 0.5) is 0 Å². The van der Waals surface area contributed by atoms with Gasteiger partial charge in [-0.05, 0) is 20.8 Å². The summed E-state index contributed by atoms with van der Waals surface area (Å²) in [5.74, 6) is 0. The van der Waals surface area contributed by atoms with E-state index in [-0.39, 0.29) is 18.3 Å². The van der Waals surface area contributed by atoms with Crippen molar-refractivity contribution in [1.82, 2.24) is 0 Å². The van der Waals surface area contributed by atoms with Crippen LogP contribution in [0.1, 0.15) is 20.8 Å². The molecule has 0 aliphatic heterocycles. The summed E-state index contributed by atoms with van der Waals surface area (Å²) in [7, 11) is -1.29. The maximum absolute atomic E-state index is 5.68. The van der Waals surface area contributed by atoms with E-state index in [4.69, 9.17) is 13.6 Å². The molecule has 0 fully saturated rings. The predicted octanol–water partition coefficient (Wildman–Crippen LogP) is 4.61. The van der Waals surface area contributed by atoms with Crippen LogP contribution in [0, 0.1) is 0 Å². The van der Waals surface area contributed by atoms with E-state index in [1.165, 1.54) is 0 Å². The molecule has 0 heterocycles. The SMILES string of the molecule is CC(CBr)OP(OC(C)CBr)OC(C)CBr. The fourth-order valence-corrected chi connectivity index (χ4v) is 2.86. The van der Waals surface area contributed by atoms with Crippen LogP contribution in [0.2, 0.25) is 0 Å². The molecule has 0 saturated carbocycles. The van der Waals surface area contributed by atoms with Gasteiger partial charge in [-0.2, -0.15) is 0 Å². The minimum absolute atomic E-state index is 0.0798. The molecule has 3 unspecified atom stereocenters. The van der Waals surface area contributed by atoms with Crippen LogP contribution < -0.4 is 0 Å². The summed E-state index contributed by atoms with van der Waals surface area (Å²) in [6.45, 7) is 5.94. The van der Waals surface area contributed by atoms with Crippen molar-refractivity contribution in [1.29, 1.82) is 0 Å². The van der Waals surface area contributed by atoms with Crippen molar-refractivity contribution in [3.63, 3.8) is 0 Å². The van der Waals surface area contributed by atoms with Gasteiger partial charge in [-0.1, -0.05) is 47.8 Å². The van der Waals surface area contributed by atoms with E-state index >= 15 is 0 Å². The average Bonchev–Trinajstić information content (AvgIpc) is 2.28. The molecule has 0 radical (unpaired) electrons. The summed E-state index contributed by atoms with van der Waals surface area (Å²) < 4.78 is 17.0. The van der Waals surface area contributed by atoms with Gasteiger partial charge in [0.2, 0.25) is 0 Å². The van der Waals surface area contributed by atoms with E-state index < -0.39 is 8.60 Å². The number of hydrogen-bond donors (Lipinski definition) is 0. The first-order valence-electron chi connectivity index (χ1n) is 5.01. The number of rotatable bonds is 9. The molecule has 98 valence electrons. The third-order valence-corrected chi connectivity index (χ3v) is 5.78. The van der Waals surface area contributed by atoms with E-state index in [0.29, 0.717) is 0 Å². The normalized spacial score (nSPS) is 19.1. The Kier molecular flexibility index (Phi) is 11.8. The highest BCUT2D eigenvalue weighted by atomic mass is 79.9. The number of alkyl halides is 3. The topological polar surface area (TPSA) is 27.7 Å². The van der Waals surface area contributed by atoms with Gasteiger partial charge in [-0.3, -0.25) is 0 Å². The molecule has 0 aromatic carbocycles. The molecule has 7 heteroatoms. The van der Waals surface area contributed by atoms with Gasteiger partial charge >= 0.3 is 8.60 Å². The zero-order chi connectivity index (χ0) is 12.6. The van der Waals surface area contributed by atoms with Crippen molar-refractivity contribution in [3.8, 4) is 0 Å². The first-order valence-corrected chi connectivity index (χ1v) is 9.47. The molecule has 0 spiro atoms. The van der Waals surface area contributed by atoms with Gasteiger partial charge in [0.05, 0.1) is 18.3 Å². The van der Waals surface area contributed by atoms with Crippen LogP contribution in [0.15, 0.2) is 0 Å². The molecule has 0 aromatic rings. The number of halogens is 3. The summed E-state index contributed by atoms with van der Waals surface area (Å²) in [5.41, 5.74) is 0. The van der Waals surface area contributed by atoms with Crippen LogP contribution in [-0.4, -0.2) is 34.3 Å². The van der Waals surface area contributed by atoms with E-state index in [1.807, 2.05) is 20.8 Å². The molecular formula is C9H18Br3O3P. The summed E-state index contributed by atoms with van der Waals surface area (Å²) in [4.78, 5) is 0. The predicted molar refractivity (Wildman–Crippen MR) is 79.9 cm³/mol. The maximum atomic E-state index is 5.68. The first-order chi connectivity index (χ1) is 7.53. The van der Waals surface area contributed by atoms with Gasteiger partial charge in [-0.15, -0.1) is 0 Å². The fraction of sp³-hybridized carbons (Fsp3) is 1.00. The highest BCUT2D eigenvalue weighted by molar-refractivity contribution is 9.09.